The third-order valence-electron chi connectivity index (χ3n) is 5.24. The molecule has 1 heterocycles. The van der Waals surface area contributed by atoms with Gasteiger partial charge in [0.15, 0.2) is 0 Å². The number of ether oxygens (including phenoxy) is 1. The lowest BCUT2D eigenvalue weighted by atomic mass is 9.98. The van der Waals surface area contributed by atoms with Gasteiger partial charge in [0.05, 0.1) is 0 Å². The Kier molecular flexibility index (Phi) is 5.27. The molecule has 0 bridgehead atoms. The van der Waals surface area contributed by atoms with E-state index in [1.165, 1.54) is 30.2 Å². The summed E-state index contributed by atoms with van der Waals surface area (Å²) in [5.74, 6) is 0.436. The predicted molar refractivity (Wildman–Crippen MR) is 98.3 cm³/mol. The minimum absolute atomic E-state index is 0.0742. The van der Waals surface area contributed by atoms with Crippen LogP contribution in [0.25, 0.3) is 10.9 Å². The summed E-state index contributed by atoms with van der Waals surface area (Å²) in [5, 5.41) is 1.20. The van der Waals surface area contributed by atoms with Crippen molar-refractivity contribution in [3.63, 3.8) is 0 Å². The third kappa shape index (κ3) is 3.50. The fourth-order valence-electron chi connectivity index (χ4n) is 3.72. The van der Waals surface area contributed by atoms with Gasteiger partial charge in [-0.15, -0.1) is 0 Å². The van der Waals surface area contributed by atoms with Crippen LogP contribution >= 0.6 is 0 Å². The van der Waals surface area contributed by atoms with Gasteiger partial charge in [-0.2, -0.15) is 0 Å². The molecule has 0 spiro atoms. The van der Waals surface area contributed by atoms with Crippen molar-refractivity contribution in [3.8, 4) is 0 Å². The van der Waals surface area contributed by atoms with Gasteiger partial charge in [0.1, 0.15) is 12.1 Å². The van der Waals surface area contributed by atoms with Crippen molar-refractivity contribution in [3.05, 3.63) is 36.0 Å². The maximum Gasteiger partial charge on any atom is 0.329 e. The quantitative estimate of drug-likeness (QED) is 0.670. The lowest BCUT2D eigenvalue weighted by molar-refractivity contribution is -0.154. The highest BCUT2D eigenvalue weighted by Crippen LogP contribution is 2.28. The number of hydrogen-bond acceptors (Lipinski definition) is 2. The Balaban J connectivity index is 1.82. The van der Waals surface area contributed by atoms with Gasteiger partial charge >= 0.3 is 5.97 Å². The summed E-state index contributed by atoms with van der Waals surface area (Å²) in [6.45, 7) is 6.46. The molecule has 24 heavy (non-hydrogen) atoms. The van der Waals surface area contributed by atoms with E-state index in [9.17, 15) is 4.79 Å². The zero-order valence-corrected chi connectivity index (χ0v) is 15.1. The van der Waals surface area contributed by atoms with E-state index < -0.39 is 0 Å². The molecular formula is C21H29NO2. The van der Waals surface area contributed by atoms with Crippen LogP contribution in [0.4, 0.5) is 0 Å². The van der Waals surface area contributed by atoms with Crippen LogP contribution in [0.15, 0.2) is 30.5 Å². The first-order chi connectivity index (χ1) is 11.6. The summed E-state index contributed by atoms with van der Waals surface area (Å²) in [6.07, 6.45) is 8.57. The summed E-state index contributed by atoms with van der Waals surface area (Å²) >= 11 is 0. The van der Waals surface area contributed by atoms with E-state index in [1.807, 2.05) is 6.20 Å². The molecule has 1 aliphatic carbocycles. The van der Waals surface area contributed by atoms with Gasteiger partial charge in [-0.05, 0) is 67.2 Å². The van der Waals surface area contributed by atoms with Crippen LogP contribution in [0.3, 0.4) is 0 Å². The Bertz CT molecular complexity index is 695. The van der Waals surface area contributed by atoms with Crippen molar-refractivity contribution in [2.45, 2.75) is 77.4 Å². The summed E-state index contributed by atoms with van der Waals surface area (Å²) < 4.78 is 7.91. The Labute approximate surface area is 145 Å². The van der Waals surface area contributed by atoms with Crippen LogP contribution in [-0.4, -0.2) is 16.6 Å². The van der Waals surface area contributed by atoms with Gasteiger partial charge in [-0.3, -0.25) is 0 Å². The predicted octanol–water partition coefficient (Wildman–Crippen LogP) is 5.59. The molecule has 0 aliphatic heterocycles. The maximum atomic E-state index is 12.7. The number of fused-ring (bicyclic) bond motifs is 1. The normalized spacial score (nSPS) is 17.3. The van der Waals surface area contributed by atoms with E-state index in [-0.39, 0.29) is 18.1 Å². The zero-order valence-electron chi connectivity index (χ0n) is 15.1. The molecule has 1 aliphatic rings. The number of hydrogen-bond donors (Lipinski definition) is 0. The molecule has 0 saturated heterocycles. The van der Waals surface area contributed by atoms with Crippen molar-refractivity contribution >= 4 is 16.9 Å². The van der Waals surface area contributed by atoms with Crippen molar-refractivity contribution in [1.29, 1.82) is 0 Å². The molecule has 3 rings (SSSR count). The molecule has 2 aromatic rings. The Morgan fingerprint density at radius 3 is 2.62 bits per heavy atom. The molecular weight excluding hydrogens is 298 g/mol. The number of esters is 1. The van der Waals surface area contributed by atoms with Gasteiger partial charge in [0.2, 0.25) is 0 Å². The lowest BCUT2D eigenvalue weighted by Crippen LogP contribution is -2.27. The molecule has 1 atom stereocenters. The largest absolute Gasteiger partial charge is 0.461 e. The number of carbonyl (C=O) groups excluding carboxylic acids is 1. The number of aromatic nitrogens is 1. The molecule has 1 aromatic carbocycles. The van der Waals surface area contributed by atoms with Crippen LogP contribution in [0.5, 0.6) is 0 Å². The maximum absolute atomic E-state index is 12.7. The van der Waals surface area contributed by atoms with Crippen LogP contribution in [0, 0.1) is 0 Å². The average molecular weight is 327 g/mol. The minimum atomic E-state index is -0.227. The molecule has 130 valence electrons. The molecule has 1 unspecified atom stereocenters. The van der Waals surface area contributed by atoms with E-state index in [0.717, 1.165) is 24.8 Å². The van der Waals surface area contributed by atoms with Gasteiger partial charge in [-0.1, -0.05) is 33.3 Å². The minimum Gasteiger partial charge on any atom is -0.461 e. The molecule has 1 fully saturated rings. The number of rotatable bonds is 5. The number of nitrogens with zero attached hydrogens (tertiary/aromatic N) is 1. The van der Waals surface area contributed by atoms with E-state index in [2.05, 4.69) is 49.6 Å². The van der Waals surface area contributed by atoms with E-state index in [4.69, 9.17) is 4.74 Å². The Morgan fingerprint density at radius 1 is 1.21 bits per heavy atom. The SMILES string of the molecule is CCC(C(=O)OC1CCCCC1)n1ccc2cc(C(C)C)ccc21. The van der Waals surface area contributed by atoms with Crippen LogP contribution in [-0.2, 0) is 9.53 Å². The molecule has 0 radical (unpaired) electrons. The van der Waals surface area contributed by atoms with Crippen molar-refractivity contribution in [2.75, 3.05) is 0 Å². The fraction of sp³-hybridized carbons (Fsp3) is 0.571. The van der Waals surface area contributed by atoms with E-state index in [0.29, 0.717) is 5.92 Å². The second-order valence-electron chi connectivity index (χ2n) is 7.32. The van der Waals surface area contributed by atoms with Gasteiger partial charge in [0, 0.05) is 11.7 Å². The molecule has 0 amide bonds. The topological polar surface area (TPSA) is 31.2 Å². The average Bonchev–Trinajstić information content (AvgIpc) is 2.99. The second kappa shape index (κ2) is 7.42. The van der Waals surface area contributed by atoms with Crippen LogP contribution in [0.2, 0.25) is 0 Å². The van der Waals surface area contributed by atoms with Crippen LogP contribution < -0.4 is 0 Å². The fourth-order valence-corrected chi connectivity index (χ4v) is 3.72. The summed E-state index contributed by atoms with van der Waals surface area (Å²) in [5.41, 5.74) is 2.45. The number of benzene rings is 1. The van der Waals surface area contributed by atoms with Gasteiger partial charge in [-0.25, -0.2) is 4.79 Å². The highest BCUT2D eigenvalue weighted by Gasteiger charge is 2.25. The third-order valence-corrected chi connectivity index (χ3v) is 5.24. The Hall–Kier alpha value is -1.77. The summed E-state index contributed by atoms with van der Waals surface area (Å²) in [6, 6.07) is 8.42. The first-order valence-electron chi connectivity index (χ1n) is 9.41. The molecule has 3 heteroatoms. The number of carbonyl (C=O) groups is 1. The first kappa shape index (κ1) is 17.1. The Morgan fingerprint density at radius 2 is 1.96 bits per heavy atom. The van der Waals surface area contributed by atoms with Crippen molar-refractivity contribution in [2.24, 2.45) is 0 Å². The first-order valence-corrected chi connectivity index (χ1v) is 9.41. The zero-order chi connectivity index (χ0) is 17.1. The monoisotopic (exact) mass is 327 g/mol. The lowest BCUT2D eigenvalue weighted by Gasteiger charge is -2.25. The second-order valence-corrected chi connectivity index (χ2v) is 7.32. The van der Waals surface area contributed by atoms with Gasteiger partial charge in [0.25, 0.3) is 0 Å². The summed E-state index contributed by atoms with van der Waals surface area (Å²) in [4.78, 5) is 12.7. The molecule has 1 aromatic heterocycles. The standard InChI is InChI=1S/C21H29NO2/c1-4-19(21(23)24-18-8-6-5-7-9-18)22-13-12-17-14-16(15(2)3)10-11-20(17)22/h10-15,18-19H,4-9H2,1-3H3. The summed E-state index contributed by atoms with van der Waals surface area (Å²) in [7, 11) is 0. The molecule has 0 N–H and O–H groups in total. The van der Waals surface area contributed by atoms with Crippen molar-refractivity contribution in [1.82, 2.24) is 4.57 Å². The highest BCUT2D eigenvalue weighted by atomic mass is 16.5. The molecule has 3 nitrogen and oxygen atoms in total. The van der Waals surface area contributed by atoms with E-state index in [1.54, 1.807) is 0 Å². The molecule has 1 saturated carbocycles. The van der Waals surface area contributed by atoms with Crippen molar-refractivity contribution < 1.29 is 9.53 Å². The van der Waals surface area contributed by atoms with Gasteiger partial charge < -0.3 is 9.30 Å². The van der Waals surface area contributed by atoms with Crippen LogP contribution in [0.1, 0.15) is 76.8 Å². The smallest absolute Gasteiger partial charge is 0.329 e. The van der Waals surface area contributed by atoms with E-state index >= 15 is 0 Å². The highest BCUT2D eigenvalue weighted by molar-refractivity contribution is 5.84.